The summed E-state index contributed by atoms with van der Waals surface area (Å²) in [6.45, 7) is 1.78. The van der Waals surface area contributed by atoms with Crippen molar-refractivity contribution in [1.82, 2.24) is 0 Å². The summed E-state index contributed by atoms with van der Waals surface area (Å²) in [6.07, 6.45) is 0. The average Bonchev–Trinajstić information content (AvgIpc) is 2.47. The molecule has 5 heteroatoms. The number of carbonyl (C=O) groups excluding carboxylic acids is 1. The van der Waals surface area contributed by atoms with Crippen LogP contribution < -0.4 is 5.32 Å². The van der Waals surface area contributed by atoms with Gasteiger partial charge in [-0.15, -0.1) is 0 Å². The molecule has 0 saturated carbocycles. The summed E-state index contributed by atoms with van der Waals surface area (Å²) in [5, 5.41) is 2.87. The van der Waals surface area contributed by atoms with E-state index in [1.54, 1.807) is 18.2 Å². The molecule has 0 radical (unpaired) electrons. The van der Waals surface area contributed by atoms with E-state index in [4.69, 9.17) is 4.74 Å². The van der Waals surface area contributed by atoms with Crippen molar-refractivity contribution in [1.29, 1.82) is 0 Å². The van der Waals surface area contributed by atoms with E-state index in [2.05, 4.69) is 5.32 Å². The molecule has 0 aliphatic rings. The molecule has 0 saturated heterocycles. The highest BCUT2D eigenvalue weighted by molar-refractivity contribution is 5.95. The maximum atomic E-state index is 13.6. The first kappa shape index (κ1) is 15.0. The lowest BCUT2D eigenvalue weighted by Gasteiger charge is -2.12. The molecule has 0 amide bonds. The van der Waals surface area contributed by atoms with E-state index in [0.717, 1.165) is 5.56 Å². The summed E-state index contributed by atoms with van der Waals surface area (Å²) in [7, 11) is 1.28. The minimum atomic E-state index is -0.630. The molecule has 0 aromatic heterocycles. The zero-order chi connectivity index (χ0) is 15.4. The molecule has 0 atom stereocenters. The number of esters is 1. The van der Waals surface area contributed by atoms with E-state index in [1.807, 2.05) is 6.92 Å². The monoisotopic (exact) mass is 291 g/mol. The summed E-state index contributed by atoms with van der Waals surface area (Å²) < 4.78 is 31.8. The highest BCUT2D eigenvalue weighted by atomic mass is 19.1. The van der Waals surface area contributed by atoms with Crippen LogP contribution in [0.15, 0.2) is 36.4 Å². The molecule has 21 heavy (non-hydrogen) atoms. The molecule has 0 aliphatic carbocycles. The van der Waals surface area contributed by atoms with Gasteiger partial charge in [-0.2, -0.15) is 0 Å². The Balaban J connectivity index is 2.26. The van der Waals surface area contributed by atoms with E-state index in [0.29, 0.717) is 11.3 Å². The molecule has 3 nitrogen and oxygen atoms in total. The molecule has 1 N–H and O–H groups in total. The first-order valence-electron chi connectivity index (χ1n) is 6.38. The van der Waals surface area contributed by atoms with Gasteiger partial charge in [-0.25, -0.2) is 13.6 Å². The number of hydrogen-bond donors (Lipinski definition) is 1. The number of anilines is 1. The zero-order valence-corrected chi connectivity index (χ0v) is 11.7. The summed E-state index contributed by atoms with van der Waals surface area (Å²) in [5.74, 6) is -1.77. The van der Waals surface area contributed by atoms with E-state index in [-0.39, 0.29) is 12.1 Å². The lowest BCUT2D eigenvalue weighted by atomic mass is 10.1. The molecule has 110 valence electrons. The Morgan fingerprint density at radius 3 is 2.48 bits per heavy atom. The van der Waals surface area contributed by atoms with Crippen molar-refractivity contribution in [3.8, 4) is 0 Å². The molecule has 0 aliphatic heterocycles. The van der Waals surface area contributed by atoms with Crippen molar-refractivity contribution in [2.75, 3.05) is 12.4 Å². The fourth-order valence-corrected chi connectivity index (χ4v) is 1.98. The minimum absolute atomic E-state index is 0.0639. The van der Waals surface area contributed by atoms with Crippen molar-refractivity contribution in [2.45, 2.75) is 13.5 Å². The van der Waals surface area contributed by atoms with Crippen LogP contribution in [0.1, 0.15) is 21.5 Å². The Morgan fingerprint density at radius 1 is 1.19 bits per heavy atom. The van der Waals surface area contributed by atoms with Gasteiger partial charge >= 0.3 is 5.97 Å². The number of nitrogens with one attached hydrogen (secondary N) is 1. The number of benzene rings is 2. The fourth-order valence-electron chi connectivity index (χ4n) is 1.98. The van der Waals surface area contributed by atoms with Crippen LogP contribution >= 0.6 is 0 Å². The number of carbonyl (C=O) groups is 1. The van der Waals surface area contributed by atoms with Gasteiger partial charge in [-0.1, -0.05) is 17.7 Å². The van der Waals surface area contributed by atoms with Gasteiger partial charge in [0.1, 0.15) is 11.6 Å². The molecular weight excluding hydrogens is 276 g/mol. The normalized spacial score (nSPS) is 10.3. The lowest BCUT2D eigenvalue weighted by Crippen LogP contribution is -2.10. The molecule has 0 unspecified atom stereocenters. The van der Waals surface area contributed by atoms with Gasteiger partial charge in [0, 0.05) is 17.8 Å². The molecular formula is C16H15F2NO2. The highest BCUT2D eigenvalue weighted by Crippen LogP contribution is 2.20. The van der Waals surface area contributed by atoms with E-state index < -0.39 is 17.6 Å². The topological polar surface area (TPSA) is 38.3 Å². The van der Waals surface area contributed by atoms with Gasteiger partial charge in [0.15, 0.2) is 0 Å². The molecule has 2 aromatic rings. The SMILES string of the molecule is COC(=O)c1cc(C)ccc1NCc1c(F)cccc1F. The number of rotatable bonds is 4. The van der Waals surface area contributed by atoms with Crippen LogP contribution in [0.3, 0.4) is 0 Å². The quantitative estimate of drug-likeness (QED) is 0.873. The molecule has 2 rings (SSSR count). The van der Waals surface area contributed by atoms with Crippen LogP contribution in [0.25, 0.3) is 0 Å². The van der Waals surface area contributed by atoms with Gasteiger partial charge in [0.05, 0.1) is 12.7 Å². The Morgan fingerprint density at radius 2 is 1.86 bits per heavy atom. The second-order valence-corrected chi connectivity index (χ2v) is 4.59. The summed E-state index contributed by atoms with van der Waals surface area (Å²) in [6, 6.07) is 8.82. The van der Waals surface area contributed by atoms with Crippen molar-refractivity contribution < 1.29 is 18.3 Å². The van der Waals surface area contributed by atoms with Crippen molar-refractivity contribution >= 4 is 11.7 Å². The highest BCUT2D eigenvalue weighted by Gasteiger charge is 2.13. The Bertz CT molecular complexity index is 651. The van der Waals surface area contributed by atoms with Crippen LogP contribution in [0.2, 0.25) is 0 Å². The van der Waals surface area contributed by atoms with Gasteiger partial charge in [-0.05, 0) is 31.2 Å². The molecule has 0 fully saturated rings. The van der Waals surface area contributed by atoms with Crippen molar-refractivity contribution in [3.63, 3.8) is 0 Å². The number of ether oxygens (including phenoxy) is 1. The maximum Gasteiger partial charge on any atom is 0.339 e. The predicted octanol–water partition coefficient (Wildman–Crippen LogP) is 3.67. The number of hydrogen-bond acceptors (Lipinski definition) is 3. The van der Waals surface area contributed by atoms with E-state index >= 15 is 0 Å². The second kappa shape index (κ2) is 6.35. The largest absolute Gasteiger partial charge is 0.465 e. The van der Waals surface area contributed by atoms with E-state index in [1.165, 1.54) is 25.3 Å². The number of methoxy groups -OCH3 is 1. The average molecular weight is 291 g/mol. The molecule has 2 aromatic carbocycles. The number of aryl methyl sites for hydroxylation is 1. The van der Waals surface area contributed by atoms with Gasteiger partial charge in [0.25, 0.3) is 0 Å². The summed E-state index contributed by atoms with van der Waals surface area (Å²) >= 11 is 0. The molecule has 0 spiro atoms. The van der Waals surface area contributed by atoms with E-state index in [9.17, 15) is 13.6 Å². The number of halogens is 2. The third-order valence-electron chi connectivity index (χ3n) is 3.10. The first-order valence-corrected chi connectivity index (χ1v) is 6.38. The third-order valence-corrected chi connectivity index (χ3v) is 3.10. The Hall–Kier alpha value is -2.43. The fraction of sp³-hybridized carbons (Fsp3) is 0.188. The Labute approximate surface area is 121 Å². The minimum Gasteiger partial charge on any atom is -0.465 e. The lowest BCUT2D eigenvalue weighted by molar-refractivity contribution is 0.0601. The van der Waals surface area contributed by atoms with Crippen LogP contribution in [0, 0.1) is 18.6 Å². The van der Waals surface area contributed by atoms with Gasteiger partial charge < -0.3 is 10.1 Å². The summed E-state index contributed by atoms with van der Waals surface area (Å²) in [4.78, 5) is 11.7. The van der Waals surface area contributed by atoms with Crippen LogP contribution in [0.5, 0.6) is 0 Å². The predicted molar refractivity (Wildman–Crippen MR) is 76.2 cm³/mol. The van der Waals surface area contributed by atoms with Crippen LogP contribution in [-0.2, 0) is 11.3 Å². The van der Waals surface area contributed by atoms with Gasteiger partial charge in [-0.3, -0.25) is 0 Å². The standard InChI is InChI=1S/C16H15F2NO2/c1-10-6-7-15(11(8-10)16(20)21-2)19-9-12-13(17)4-3-5-14(12)18/h3-8,19H,9H2,1-2H3. The van der Waals surface area contributed by atoms with Crippen LogP contribution in [0.4, 0.5) is 14.5 Å². The van der Waals surface area contributed by atoms with Crippen molar-refractivity contribution in [2.24, 2.45) is 0 Å². The van der Waals surface area contributed by atoms with Crippen molar-refractivity contribution in [3.05, 3.63) is 64.7 Å². The summed E-state index contributed by atoms with van der Waals surface area (Å²) in [5.41, 5.74) is 1.61. The van der Waals surface area contributed by atoms with Crippen LogP contribution in [-0.4, -0.2) is 13.1 Å². The molecule has 0 bridgehead atoms. The first-order chi connectivity index (χ1) is 10.0. The zero-order valence-electron chi connectivity index (χ0n) is 11.7. The maximum absolute atomic E-state index is 13.6. The van der Waals surface area contributed by atoms with Gasteiger partial charge in [0.2, 0.25) is 0 Å². The third kappa shape index (κ3) is 3.37. The molecule has 0 heterocycles. The smallest absolute Gasteiger partial charge is 0.339 e. The Kier molecular flexibility index (Phi) is 4.52. The second-order valence-electron chi connectivity index (χ2n) is 4.59.